The molecule has 6 nitrogen and oxygen atoms in total. The van der Waals surface area contributed by atoms with Gasteiger partial charge in [0.2, 0.25) is 29.0 Å². The highest BCUT2D eigenvalue weighted by Gasteiger charge is 2.75. The molecule has 2 heterocycles. The second-order valence-electron chi connectivity index (χ2n) is 9.13. The summed E-state index contributed by atoms with van der Waals surface area (Å²) in [7, 11) is 0. The Bertz CT molecular complexity index is 1220. The third-order valence-electron chi connectivity index (χ3n) is 7.51. The Morgan fingerprint density at radius 3 is 2.12 bits per heavy atom. The van der Waals surface area contributed by atoms with Crippen molar-refractivity contribution in [2.24, 2.45) is 11.8 Å². The van der Waals surface area contributed by atoms with E-state index < -0.39 is 46.9 Å². The molecule has 3 atom stereocenters. The zero-order valence-electron chi connectivity index (χ0n) is 17.4. The average molecular weight is 484 g/mol. The van der Waals surface area contributed by atoms with Gasteiger partial charge in [0.1, 0.15) is 0 Å². The Hall–Kier alpha value is -2.54. The van der Waals surface area contributed by atoms with Gasteiger partial charge in [0.05, 0.1) is 17.9 Å². The van der Waals surface area contributed by atoms with Gasteiger partial charge in [-0.2, -0.15) is 0 Å². The summed E-state index contributed by atoms with van der Waals surface area (Å²) in [5, 5.41) is 0.646. The molecule has 0 N–H and O–H groups in total. The summed E-state index contributed by atoms with van der Waals surface area (Å²) in [5.41, 5.74) is -1.21. The summed E-state index contributed by atoms with van der Waals surface area (Å²) in [5.74, 6) is -4.28. The van der Waals surface area contributed by atoms with Crippen LogP contribution in [0.5, 0.6) is 0 Å². The molecule has 2 amide bonds. The quantitative estimate of drug-likeness (QED) is 0.466. The number of likely N-dealkylation sites (tertiary alicyclic amines) is 1. The SMILES string of the molecule is O=C1C2C(c3ccc(Cl)cc3Cl)OC3(C(=O)c4ccccc4C3=O)C2C(=O)N1C1CCCC1. The second kappa shape index (κ2) is 7.23. The predicted molar refractivity (Wildman–Crippen MR) is 119 cm³/mol. The number of imide groups is 1. The Labute approximate surface area is 199 Å². The van der Waals surface area contributed by atoms with E-state index in [2.05, 4.69) is 0 Å². The molecule has 2 saturated heterocycles. The van der Waals surface area contributed by atoms with Crippen LogP contribution in [0.15, 0.2) is 42.5 Å². The van der Waals surface area contributed by atoms with Gasteiger partial charge in [-0.3, -0.25) is 24.1 Å². The minimum atomic E-state index is -2.07. The lowest BCUT2D eigenvalue weighted by Gasteiger charge is -2.29. The Kier molecular flexibility index (Phi) is 4.60. The highest BCUT2D eigenvalue weighted by atomic mass is 35.5. The first-order valence-electron chi connectivity index (χ1n) is 11.0. The van der Waals surface area contributed by atoms with Crippen molar-refractivity contribution in [3.8, 4) is 0 Å². The largest absolute Gasteiger partial charge is 0.349 e. The van der Waals surface area contributed by atoms with E-state index in [9.17, 15) is 19.2 Å². The highest BCUT2D eigenvalue weighted by Crippen LogP contribution is 2.58. The maximum absolute atomic E-state index is 13.8. The van der Waals surface area contributed by atoms with E-state index in [0.29, 0.717) is 10.6 Å². The first kappa shape index (κ1) is 21.0. The van der Waals surface area contributed by atoms with E-state index in [4.69, 9.17) is 27.9 Å². The molecule has 0 radical (unpaired) electrons. The normalized spacial score (nSPS) is 28.3. The third-order valence-corrected chi connectivity index (χ3v) is 8.07. The summed E-state index contributed by atoms with van der Waals surface area (Å²) in [6.45, 7) is 0. The van der Waals surface area contributed by atoms with Gasteiger partial charge < -0.3 is 4.74 Å². The van der Waals surface area contributed by atoms with Crippen LogP contribution in [0.1, 0.15) is 58.1 Å². The van der Waals surface area contributed by atoms with Crippen LogP contribution in [0.25, 0.3) is 0 Å². The van der Waals surface area contributed by atoms with Crippen LogP contribution in [-0.4, -0.2) is 39.9 Å². The molecule has 3 unspecified atom stereocenters. The summed E-state index contributed by atoms with van der Waals surface area (Å²) in [6.07, 6.45) is 2.27. The second-order valence-corrected chi connectivity index (χ2v) is 9.98. The molecule has 6 rings (SSSR count). The molecule has 4 aliphatic rings. The molecule has 1 saturated carbocycles. The van der Waals surface area contributed by atoms with Gasteiger partial charge in [0, 0.05) is 32.8 Å². The smallest absolute Gasteiger partial charge is 0.237 e. The lowest BCUT2D eigenvalue weighted by atomic mass is 9.77. The number of benzene rings is 2. The highest BCUT2D eigenvalue weighted by molar-refractivity contribution is 6.36. The van der Waals surface area contributed by atoms with Crippen molar-refractivity contribution in [3.05, 3.63) is 69.2 Å². The van der Waals surface area contributed by atoms with E-state index in [1.807, 2.05) is 0 Å². The number of carbonyl (C=O) groups excluding carboxylic acids is 4. The zero-order chi connectivity index (χ0) is 23.1. The number of hydrogen-bond donors (Lipinski definition) is 0. The zero-order valence-corrected chi connectivity index (χ0v) is 18.9. The van der Waals surface area contributed by atoms with E-state index in [-0.39, 0.29) is 22.2 Å². The van der Waals surface area contributed by atoms with Gasteiger partial charge in [-0.05, 0) is 25.0 Å². The van der Waals surface area contributed by atoms with E-state index in [1.54, 1.807) is 36.4 Å². The number of fused-ring (bicyclic) bond motifs is 3. The van der Waals surface area contributed by atoms with Gasteiger partial charge in [-0.15, -0.1) is 0 Å². The maximum atomic E-state index is 13.8. The summed E-state index contributed by atoms with van der Waals surface area (Å²) in [6, 6.07) is 11.0. The Morgan fingerprint density at radius 2 is 1.52 bits per heavy atom. The summed E-state index contributed by atoms with van der Waals surface area (Å²) < 4.78 is 6.25. The maximum Gasteiger partial charge on any atom is 0.237 e. The number of ketones is 2. The molecule has 2 aliphatic carbocycles. The van der Waals surface area contributed by atoms with Crippen LogP contribution in [0.3, 0.4) is 0 Å². The fourth-order valence-corrected chi connectivity index (χ4v) is 6.59. The number of ether oxygens (including phenoxy) is 1. The van der Waals surface area contributed by atoms with Crippen molar-refractivity contribution in [1.29, 1.82) is 0 Å². The molecule has 1 spiro atoms. The van der Waals surface area contributed by atoms with Crippen molar-refractivity contribution in [1.82, 2.24) is 4.90 Å². The van der Waals surface area contributed by atoms with Gasteiger partial charge in [-0.1, -0.05) is 66.4 Å². The lowest BCUT2D eigenvalue weighted by molar-refractivity contribution is -0.147. The van der Waals surface area contributed by atoms with Gasteiger partial charge in [-0.25, -0.2) is 0 Å². The number of hydrogen-bond acceptors (Lipinski definition) is 5. The van der Waals surface area contributed by atoms with Crippen LogP contribution >= 0.6 is 23.2 Å². The minimum Gasteiger partial charge on any atom is -0.349 e. The number of rotatable bonds is 2. The molecule has 3 fully saturated rings. The number of nitrogens with zero attached hydrogens (tertiary/aromatic N) is 1. The molecule has 2 aliphatic heterocycles. The summed E-state index contributed by atoms with van der Waals surface area (Å²) >= 11 is 12.5. The molecule has 0 bridgehead atoms. The van der Waals surface area contributed by atoms with Gasteiger partial charge >= 0.3 is 0 Å². The molecule has 2 aromatic carbocycles. The molecule has 8 heteroatoms. The van der Waals surface area contributed by atoms with Crippen molar-refractivity contribution >= 4 is 46.6 Å². The molecule has 0 aromatic heterocycles. The molecule has 33 heavy (non-hydrogen) atoms. The van der Waals surface area contributed by atoms with E-state index in [1.165, 1.54) is 11.0 Å². The Morgan fingerprint density at radius 1 is 0.879 bits per heavy atom. The third kappa shape index (κ3) is 2.66. The first-order chi connectivity index (χ1) is 15.9. The van der Waals surface area contributed by atoms with Gasteiger partial charge in [0.25, 0.3) is 0 Å². The number of amides is 2. The topological polar surface area (TPSA) is 80.8 Å². The predicted octanol–water partition coefficient (Wildman–Crippen LogP) is 4.43. The number of Topliss-reactive ketones (excluding diaryl/α,β-unsaturated/α-hetero) is 2. The fourth-order valence-electron chi connectivity index (χ4n) is 6.08. The van der Waals surface area contributed by atoms with E-state index >= 15 is 0 Å². The standard InChI is InChI=1S/C25H19Cl2NO5/c26-12-9-10-16(17(27)11-12)20-18-19(24(32)28(23(18)31)13-5-1-2-6-13)25(33-20)21(29)14-7-3-4-8-15(14)22(25)30/h3-4,7-11,13,18-20H,1-2,5-6H2. The van der Waals surface area contributed by atoms with Crippen LogP contribution in [0.2, 0.25) is 10.0 Å². The van der Waals surface area contributed by atoms with Crippen molar-refractivity contribution in [2.75, 3.05) is 0 Å². The first-order valence-corrected chi connectivity index (χ1v) is 11.8. The van der Waals surface area contributed by atoms with Crippen molar-refractivity contribution in [2.45, 2.75) is 43.4 Å². The average Bonchev–Trinajstić information content (AvgIpc) is 3.53. The molecule has 2 aromatic rings. The van der Waals surface area contributed by atoms with Crippen LogP contribution < -0.4 is 0 Å². The van der Waals surface area contributed by atoms with E-state index in [0.717, 1.165) is 25.7 Å². The van der Waals surface area contributed by atoms with Crippen molar-refractivity contribution < 1.29 is 23.9 Å². The molecule has 168 valence electrons. The summed E-state index contributed by atoms with van der Waals surface area (Å²) in [4.78, 5) is 56.2. The van der Waals surface area contributed by atoms with Crippen molar-refractivity contribution in [3.63, 3.8) is 0 Å². The Balaban J connectivity index is 1.54. The lowest BCUT2D eigenvalue weighted by Crippen LogP contribution is -2.51. The molecular formula is C25H19Cl2NO5. The monoisotopic (exact) mass is 483 g/mol. The number of carbonyl (C=O) groups is 4. The van der Waals surface area contributed by atoms with Gasteiger partial charge in [0.15, 0.2) is 0 Å². The number of halogens is 2. The van der Waals surface area contributed by atoms with Crippen LogP contribution in [0.4, 0.5) is 0 Å². The van der Waals surface area contributed by atoms with Crippen LogP contribution in [0, 0.1) is 11.8 Å². The minimum absolute atomic E-state index is 0.212. The van der Waals surface area contributed by atoms with Crippen LogP contribution in [-0.2, 0) is 14.3 Å². The molecular weight excluding hydrogens is 465 g/mol. The fraction of sp³-hybridized carbons (Fsp3) is 0.360.